The summed E-state index contributed by atoms with van der Waals surface area (Å²) in [4.78, 5) is 11.6. The molecule has 0 aliphatic heterocycles. The van der Waals surface area contributed by atoms with Crippen molar-refractivity contribution in [3.8, 4) is 0 Å². The van der Waals surface area contributed by atoms with Gasteiger partial charge < -0.3 is 5.84 Å². The maximum Gasteiger partial charge on any atom is 0.111 e. The lowest BCUT2D eigenvalue weighted by Crippen LogP contribution is -2.08. The molecule has 0 aliphatic rings. The molecule has 2 aromatic rings. The average molecular weight is 176 g/mol. The topological polar surface area (TPSA) is 73.3 Å². The normalized spacial score (nSPS) is 10.5. The SMILES string of the molecule is Cc1cc2c(cnn2N)cc1N=O. The Bertz CT molecular complexity index is 474. The van der Waals surface area contributed by atoms with Gasteiger partial charge in [0.1, 0.15) is 5.69 Å². The van der Waals surface area contributed by atoms with E-state index in [9.17, 15) is 4.91 Å². The summed E-state index contributed by atoms with van der Waals surface area (Å²) < 4.78 is 0. The minimum atomic E-state index is 0.431. The van der Waals surface area contributed by atoms with Crippen LogP contribution in [0, 0.1) is 11.8 Å². The summed E-state index contributed by atoms with van der Waals surface area (Å²) in [5, 5.41) is 7.59. The third kappa shape index (κ3) is 1.05. The fraction of sp³-hybridized carbons (Fsp3) is 0.125. The van der Waals surface area contributed by atoms with Gasteiger partial charge in [-0.25, -0.2) is 0 Å². The number of nitroso groups, excluding NO2 is 1. The van der Waals surface area contributed by atoms with Gasteiger partial charge in [0.2, 0.25) is 0 Å². The van der Waals surface area contributed by atoms with Crippen molar-refractivity contribution in [1.82, 2.24) is 9.89 Å². The first kappa shape index (κ1) is 7.72. The van der Waals surface area contributed by atoms with Crippen molar-refractivity contribution >= 4 is 16.6 Å². The second kappa shape index (κ2) is 2.55. The van der Waals surface area contributed by atoms with Crippen LogP contribution in [0.3, 0.4) is 0 Å². The summed E-state index contributed by atoms with van der Waals surface area (Å²) >= 11 is 0. The van der Waals surface area contributed by atoms with Crippen LogP contribution in [0.1, 0.15) is 5.56 Å². The number of hydrogen-bond donors (Lipinski definition) is 1. The van der Waals surface area contributed by atoms with Crippen molar-refractivity contribution in [3.63, 3.8) is 0 Å². The number of rotatable bonds is 1. The van der Waals surface area contributed by atoms with E-state index in [4.69, 9.17) is 5.84 Å². The van der Waals surface area contributed by atoms with Gasteiger partial charge in [0.15, 0.2) is 0 Å². The predicted molar refractivity (Wildman–Crippen MR) is 50.1 cm³/mol. The Morgan fingerprint density at radius 1 is 1.54 bits per heavy atom. The highest BCUT2D eigenvalue weighted by molar-refractivity contribution is 5.83. The van der Waals surface area contributed by atoms with E-state index in [-0.39, 0.29) is 0 Å². The Hall–Kier alpha value is -1.91. The van der Waals surface area contributed by atoms with Crippen LogP contribution in [0.15, 0.2) is 23.5 Å². The number of aromatic nitrogens is 2. The molecule has 0 radical (unpaired) electrons. The quantitative estimate of drug-likeness (QED) is 0.528. The molecule has 0 atom stereocenters. The molecule has 0 saturated heterocycles. The van der Waals surface area contributed by atoms with Crippen LogP contribution in [0.5, 0.6) is 0 Å². The fourth-order valence-electron chi connectivity index (χ4n) is 1.28. The minimum Gasteiger partial charge on any atom is -0.323 e. The van der Waals surface area contributed by atoms with E-state index >= 15 is 0 Å². The van der Waals surface area contributed by atoms with E-state index in [0.29, 0.717) is 5.69 Å². The van der Waals surface area contributed by atoms with E-state index < -0.39 is 0 Å². The molecule has 0 saturated carbocycles. The molecule has 1 heterocycles. The average Bonchev–Trinajstić information content (AvgIpc) is 2.47. The summed E-state index contributed by atoms with van der Waals surface area (Å²) in [6.45, 7) is 1.81. The van der Waals surface area contributed by atoms with Crippen LogP contribution < -0.4 is 5.84 Å². The Balaban J connectivity index is 2.83. The van der Waals surface area contributed by atoms with Crippen molar-refractivity contribution in [1.29, 1.82) is 0 Å². The van der Waals surface area contributed by atoms with Crippen LogP contribution >= 0.6 is 0 Å². The first-order chi connectivity index (χ1) is 6.22. The van der Waals surface area contributed by atoms with Crippen LogP contribution in [0.2, 0.25) is 0 Å². The Morgan fingerprint density at radius 3 is 3.00 bits per heavy atom. The van der Waals surface area contributed by atoms with Crippen LogP contribution in [-0.4, -0.2) is 9.89 Å². The highest BCUT2D eigenvalue weighted by Gasteiger charge is 2.04. The van der Waals surface area contributed by atoms with Crippen molar-refractivity contribution < 1.29 is 0 Å². The highest BCUT2D eigenvalue weighted by Crippen LogP contribution is 2.24. The molecule has 1 aromatic carbocycles. The third-order valence-corrected chi connectivity index (χ3v) is 2.01. The smallest absolute Gasteiger partial charge is 0.111 e. The summed E-state index contributed by atoms with van der Waals surface area (Å²) in [6.07, 6.45) is 1.60. The second-order valence-electron chi connectivity index (χ2n) is 2.88. The van der Waals surface area contributed by atoms with Crippen LogP contribution in [-0.2, 0) is 0 Å². The molecule has 13 heavy (non-hydrogen) atoms. The molecule has 2 N–H and O–H groups in total. The van der Waals surface area contributed by atoms with E-state index in [2.05, 4.69) is 10.3 Å². The maximum absolute atomic E-state index is 10.4. The maximum atomic E-state index is 10.4. The lowest BCUT2D eigenvalue weighted by Gasteiger charge is -1.98. The van der Waals surface area contributed by atoms with Gasteiger partial charge in [-0.2, -0.15) is 9.89 Å². The van der Waals surface area contributed by atoms with Gasteiger partial charge in [-0.05, 0) is 29.8 Å². The molecular formula is C8H8N4O. The lowest BCUT2D eigenvalue weighted by molar-refractivity contribution is 0.862. The van der Waals surface area contributed by atoms with Gasteiger partial charge in [0.25, 0.3) is 0 Å². The Labute approximate surface area is 74.1 Å². The van der Waals surface area contributed by atoms with Crippen molar-refractivity contribution in [2.45, 2.75) is 6.92 Å². The summed E-state index contributed by atoms with van der Waals surface area (Å²) in [6, 6.07) is 3.47. The monoisotopic (exact) mass is 176 g/mol. The van der Waals surface area contributed by atoms with Crippen LogP contribution in [0.25, 0.3) is 10.9 Å². The van der Waals surface area contributed by atoms with Gasteiger partial charge in [0, 0.05) is 5.39 Å². The first-order valence-electron chi connectivity index (χ1n) is 3.79. The highest BCUT2D eigenvalue weighted by atomic mass is 16.3. The molecule has 0 aliphatic carbocycles. The zero-order valence-electron chi connectivity index (χ0n) is 7.06. The molecule has 0 bridgehead atoms. The van der Waals surface area contributed by atoms with E-state index in [0.717, 1.165) is 16.5 Å². The number of hydrogen-bond acceptors (Lipinski definition) is 4. The van der Waals surface area contributed by atoms with Gasteiger partial charge in [-0.3, -0.25) is 0 Å². The zero-order chi connectivity index (χ0) is 9.42. The first-order valence-corrected chi connectivity index (χ1v) is 3.79. The Kier molecular flexibility index (Phi) is 1.51. The number of nitrogens with two attached hydrogens (primary N) is 1. The molecule has 0 unspecified atom stereocenters. The summed E-state index contributed by atoms with van der Waals surface area (Å²) in [5.74, 6) is 5.53. The molecule has 66 valence electrons. The van der Waals surface area contributed by atoms with Gasteiger partial charge in [-0.15, -0.1) is 4.91 Å². The van der Waals surface area contributed by atoms with Crippen molar-refractivity contribution in [2.75, 3.05) is 5.84 Å². The molecule has 0 spiro atoms. The molecular weight excluding hydrogens is 168 g/mol. The molecule has 0 amide bonds. The molecule has 5 nitrogen and oxygen atoms in total. The lowest BCUT2D eigenvalue weighted by atomic mass is 10.1. The molecule has 0 fully saturated rings. The number of benzene rings is 1. The number of nitrogens with zero attached hydrogens (tertiary/aromatic N) is 3. The molecule has 1 aromatic heterocycles. The van der Waals surface area contributed by atoms with Crippen LogP contribution in [0.4, 0.5) is 5.69 Å². The van der Waals surface area contributed by atoms with Gasteiger partial charge in [-0.1, -0.05) is 0 Å². The van der Waals surface area contributed by atoms with Crippen molar-refractivity contribution in [2.24, 2.45) is 5.18 Å². The van der Waals surface area contributed by atoms with Gasteiger partial charge >= 0.3 is 0 Å². The minimum absolute atomic E-state index is 0.431. The number of nitrogen functional groups attached to an aromatic ring is 1. The largest absolute Gasteiger partial charge is 0.323 e. The standard InChI is InChI=1S/C8H8N4O/c1-5-2-8-6(3-7(5)11-13)4-10-12(8)9/h2-4H,9H2,1H3. The number of fused-ring (bicyclic) bond motifs is 1. The van der Waals surface area contributed by atoms with Gasteiger partial charge in [0.05, 0.1) is 11.7 Å². The second-order valence-corrected chi connectivity index (χ2v) is 2.88. The predicted octanol–water partition coefficient (Wildman–Crippen LogP) is 1.46. The van der Waals surface area contributed by atoms with E-state index in [1.165, 1.54) is 4.79 Å². The zero-order valence-corrected chi connectivity index (χ0v) is 7.06. The van der Waals surface area contributed by atoms with E-state index in [1.54, 1.807) is 18.3 Å². The van der Waals surface area contributed by atoms with Crippen molar-refractivity contribution in [3.05, 3.63) is 28.8 Å². The third-order valence-electron chi connectivity index (χ3n) is 2.01. The molecule has 2 rings (SSSR count). The molecule has 5 heteroatoms. The number of aryl methyl sites for hydroxylation is 1. The fourth-order valence-corrected chi connectivity index (χ4v) is 1.28. The Morgan fingerprint density at radius 2 is 2.31 bits per heavy atom. The summed E-state index contributed by atoms with van der Waals surface area (Å²) in [7, 11) is 0. The summed E-state index contributed by atoms with van der Waals surface area (Å²) in [5.41, 5.74) is 2.03. The van der Waals surface area contributed by atoms with E-state index in [1.807, 2.05) is 6.92 Å².